The third-order valence-electron chi connectivity index (χ3n) is 16.2. The molecule has 0 atom stereocenters. The molecule has 2 aliphatic carbocycles. The Bertz CT molecular complexity index is 4930. The van der Waals surface area contributed by atoms with Crippen LogP contribution < -0.4 is 0 Å². The van der Waals surface area contributed by atoms with Gasteiger partial charge in [-0.05, 0) is 133 Å². The van der Waals surface area contributed by atoms with Crippen molar-refractivity contribution in [1.82, 2.24) is 15.0 Å². The summed E-state index contributed by atoms with van der Waals surface area (Å²) in [5, 5.41) is 5.89. The van der Waals surface area contributed by atoms with Crippen LogP contribution in [-0.2, 0) is 5.41 Å². The molecule has 0 N–H and O–H groups in total. The lowest BCUT2D eigenvalue weighted by molar-refractivity contribution is 0.668. The van der Waals surface area contributed by atoms with Gasteiger partial charge in [-0.3, -0.25) is 0 Å². The van der Waals surface area contributed by atoms with Gasteiger partial charge < -0.3 is 13.3 Å². The van der Waals surface area contributed by atoms with Crippen molar-refractivity contribution in [3.8, 4) is 78.7 Å². The topological polar surface area (TPSA) is 78.1 Å². The Morgan fingerprint density at radius 3 is 1.32 bits per heavy atom. The van der Waals surface area contributed by atoms with E-state index in [0.29, 0.717) is 17.5 Å². The van der Waals surface area contributed by atoms with E-state index in [0.717, 1.165) is 99.2 Å². The van der Waals surface area contributed by atoms with E-state index in [1.165, 1.54) is 50.1 Å². The predicted molar refractivity (Wildman–Crippen MR) is 305 cm³/mol. The van der Waals surface area contributed by atoms with Crippen molar-refractivity contribution >= 4 is 65.8 Å². The Morgan fingerprint density at radius 1 is 0.237 bits per heavy atom. The van der Waals surface area contributed by atoms with E-state index in [9.17, 15) is 0 Å². The van der Waals surface area contributed by atoms with Crippen LogP contribution >= 0.6 is 0 Å². The molecule has 352 valence electrons. The second-order valence-corrected chi connectivity index (χ2v) is 20.1. The van der Waals surface area contributed by atoms with Crippen molar-refractivity contribution in [1.29, 1.82) is 0 Å². The number of para-hydroxylation sites is 2. The van der Waals surface area contributed by atoms with Crippen LogP contribution in [0.4, 0.5) is 0 Å². The number of furan rings is 3. The molecule has 0 bridgehead atoms. The van der Waals surface area contributed by atoms with Gasteiger partial charge in [0.25, 0.3) is 0 Å². The standard InChI is InChI=1S/C70H39N3O3/c1-6-23-55-45(16-1)46-17-2-7-24-56(46)70(55)57-25-8-3-18-47(57)52-37-42(30-33-58(52)70)40-14-11-15-41(36-40)43-31-34-62-54(38-43)66-51(22-13-29-64(66)76-62)69-72-67(44-32-35-61-53(39-44)48-19-4-9-26-59(48)74-61)71-68(73-69)50-21-12-28-63-65(50)49-20-5-10-27-60(49)75-63/h1-39H. The number of benzene rings is 11. The minimum Gasteiger partial charge on any atom is -0.456 e. The molecule has 4 aromatic heterocycles. The van der Waals surface area contributed by atoms with Crippen LogP contribution in [-0.4, -0.2) is 15.0 Å². The first kappa shape index (κ1) is 41.3. The Balaban J connectivity index is 0.812. The highest BCUT2D eigenvalue weighted by molar-refractivity contribution is 6.14. The summed E-state index contributed by atoms with van der Waals surface area (Å²) in [7, 11) is 0. The fraction of sp³-hybridized carbons (Fsp3) is 0.0143. The zero-order valence-electron chi connectivity index (χ0n) is 40.6. The van der Waals surface area contributed by atoms with Crippen molar-refractivity contribution in [3.05, 3.63) is 259 Å². The van der Waals surface area contributed by atoms with Crippen LogP contribution in [0.5, 0.6) is 0 Å². The van der Waals surface area contributed by atoms with Gasteiger partial charge in [-0.1, -0.05) is 170 Å². The minimum atomic E-state index is -0.377. The zero-order valence-corrected chi connectivity index (χ0v) is 40.6. The fourth-order valence-corrected chi connectivity index (χ4v) is 12.9. The van der Waals surface area contributed by atoms with E-state index in [1.807, 2.05) is 72.8 Å². The van der Waals surface area contributed by atoms with E-state index < -0.39 is 0 Å². The molecule has 76 heavy (non-hydrogen) atoms. The summed E-state index contributed by atoms with van der Waals surface area (Å²) >= 11 is 0. The molecule has 11 aromatic carbocycles. The van der Waals surface area contributed by atoms with Crippen molar-refractivity contribution in [2.24, 2.45) is 0 Å². The van der Waals surface area contributed by atoms with E-state index in [2.05, 4.69) is 164 Å². The zero-order chi connectivity index (χ0) is 49.6. The molecule has 6 heteroatoms. The van der Waals surface area contributed by atoms with Gasteiger partial charge in [0, 0.05) is 49.0 Å². The maximum Gasteiger partial charge on any atom is 0.164 e. The lowest BCUT2D eigenvalue weighted by Gasteiger charge is -2.30. The summed E-state index contributed by atoms with van der Waals surface area (Å²) in [4.78, 5) is 16.0. The highest BCUT2D eigenvalue weighted by atomic mass is 16.3. The molecule has 0 saturated carbocycles. The first-order valence-corrected chi connectivity index (χ1v) is 25.7. The van der Waals surface area contributed by atoms with Crippen molar-refractivity contribution in [3.63, 3.8) is 0 Å². The quantitative estimate of drug-likeness (QED) is 0.171. The van der Waals surface area contributed by atoms with Crippen molar-refractivity contribution in [2.75, 3.05) is 0 Å². The summed E-state index contributed by atoms with van der Waals surface area (Å²) in [5.41, 5.74) is 22.0. The highest BCUT2D eigenvalue weighted by Crippen LogP contribution is 2.63. The van der Waals surface area contributed by atoms with Crippen LogP contribution in [0.1, 0.15) is 22.3 Å². The molecular formula is C70H39N3O3. The molecule has 0 amide bonds. The van der Waals surface area contributed by atoms with Gasteiger partial charge in [-0.15, -0.1) is 0 Å². The molecule has 4 heterocycles. The van der Waals surface area contributed by atoms with Crippen LogP contribution in [0.15, 0.2) is 250 Å². The molecule has 6 nitrogen and oxygen atoms in total. The Morgan fingerprint density at radius 2 is 0.645 bits per heavy atom. The summed E-state index contributed by atoms with van der Waals surface area (Å²) < 4.78 is 19.3. The number of nitrogens with zero attached hydrogens (tertiary/aromatic N) is 3. The van der Waals surface area contributed by atoms with E-state index in [4.69, 9.17) is 28.2 Å². The van der Waals surface area contributed by atoms with E-state index in [1.54, 1.807) is 0 Å². The first-order chi connectivity index (χ1) is 37.6. The number of aromatic nitrogens is 3. The van der Waals surface area contributed by atoms with Gasteiger partial charge in [0.2, 0.25) is 0 Å². The van der Waals surface area contributed by atoms with E-state index in [-0.39, 0.29) is 5.41 Å². The third-order valence-corrected chi connectivity index (χ3v) is 16.2. The summed E-state index contributed by atoms with van der Waals surface area (Å²) in [5.74, 6) is 1.62. The Kier molecular flexibility index (Phi) is 8.39. The summed E-state index contributed by atoms with van der Waals surface area (Å²) in [6.07, 6.45) is 0. The van der Waals surface area contributed by atoms with Crippen LogP contribution in [0.2, 0.25) is 0 Å². The molecular weight excluding hydrogens is 931 g/mol. The molecule has 15 aromatic rings. The largest absolute Gasteiger partial charge is 0.456 e. The normalized spacial score (nSPS) is 13.1. The van der Waals surface area contributed by atoms with Crippen LogP contribution in [0.3, 0.4) is 0 Å². The number of hydrogen-bond donors (Lipinski definition) is 0. The van der Waals surface area contributed by atoms with Gasteiger partial charge >= 0.3 is 0 Å². The highest BCUT2D eigenvalue weighted by Gasteiger charge is 2.51. The van der Waals surface area contributed by atoms with Gasteiger partial charge in [0.1, 0.15) is 33.5 Å². The summed E-state index contributed by atoms with van der Waals surface area (Å²) in [6.45, 7) is 0. The molecule has 0 aliphatic heterocycles. The average molecular weight is 970 g/mol. The van der Waals surface area contributed by atoms with Gasteiger partial charge in [0.05, 0.1) is 5.41 Å². The Labute approximate surface area is 434 Å². The van der Waals surface area contributed by atoms with Crippen LogP contribution in [0.25, 0.3) is 144 Å². The first-order valence-electron chi connectivity index (χ1n) is 25.7. The monoisotopic (exact) mass is 969 g/mol. The molecule has 1 spiro atoms. The van der Waals surface area contributed by atoms with Crippen molar-refractivity contribution in [2.45, 2.75) is 5.41 Å². The number of hydrogen-bond acceptors (Lipinski definition) is 6. The molecule has 0 fully saturated rings. The van der Waals surface area contributed by atoms with Gasteiger partial charge in [-0.25, -0.2) is 15.0 Å². The van der Waals surface area contributed by atoms with Crippen LogP contribution in [0, 0.1) is 0 Å². The second kappa shape index (κ2) is 15.4. The molecule has 2 aliphatic rings. The lowest BCUT2D eigenvalue weighted by atomic mass is 9.70. The van der Waals surface area contributed by atoms with Gasteiger partial charge in [0.15, 0.2) is 17.5 Å². The van der Waals surface area contributed by atoms with Crippen molar-refractivity contribution < 1.29 is 13.3 Å². The SMILES string of the molecule is c1cc(-c2ccc3c(c2)-c2ccccc2C32c3ccccc3-c3ccccc32)cc(-c2ccc3oc4cccc(-c5nc(-c6ccc7oc8ccccc8c7c6)nc(-c6cccc7oc8ccccc8c67)n5)c4c3c2)c1. The minimum absolute atomic E-state index is 0.377. The molecule has 17 rings (SSSR count). The Hall–Kier alpha value is -10.2. The third kappa shape index (κ3) is 5.72. The molecule has 0 saturated heterocycles. The molecule has 0 radical (unpaired) electrons. The van der Waals surface area contributed by atoms with E-state index >= 15 is 0 Å². The number of fused-ring (bicyclic) bond motifs is 19. The maximum absolute atomic E-state index is 6.66. The lowest BCUT2D eigenvalue weighted by Crippen LogP contribution is -2.25. The average Bonchev–Trinajstić information content (AvgIpc) is 4.33. The fourth-order valence-electron chi connectivity index (χ4n) is 12.9. The molecule has 0 unspecified atom stereocenters. The van der Waals surface area contributed by atoms with Gasteiger partial charge in [-0.2, -0.15) is 0 Å². The summed E-state index contributed by atoms with van der Waals surface area (Å²) in [6, 6.07) is 84.0. The predicted octanol–water partition coefficient (Wildman–Crippen LogP) is 18.2. The number of rotatable bonds is 5. The maximum atomic E-state index is 6.66. The second-order valence-electron chi connectivity index (χ2n) is 20.1. The smallest absolute Gasteiger partial charge is 0.164 e.